The smallest absolute Gasteiger partial charge is 0.159 e. The van der Waals surface area contributed by atoms with Crippen LogP contribution in [0.1, 0.15) is 22.7 Å². The quantitative estimate of drug-likeness (QED) is 0.679. The molecule has 0 saturated carbocycles. The van der Waals surface area contributed by atoms with Crippen LogP contribution in [-0.4, -0.2) is 5.97 Å². The van der Waals surface area contributed by atoms with Gasteiger partial charge in [-0.3, -0.25) is 0 Å². The molecule has 0 radical (unpaired) electrons. The largest absolute Gasteiger partial charge is 0.544 e. The van der Waals surface area contributed by atoms with Crippen LogP contribution in [0, 0.1) is 0 Å². The summed E-state index contributed by atoms with van der Waals surface area (Å²) in [6.07, 6.45) is 0.935. The van der Waals surface area contributed by atoms with Crippen LogP contribution in [0.5, 0.6) is 0 Å². The molecule has 0 amide bonds. The Kier molecular flexibility index (Phi) is 2.83. The van der Waals surface area contributed by atoms with Gasteiger partial charge in [-0.05, 0) is 18.6 Å². The molecule has 0 bridgehead atoms. The van der Waals surface area contributed by atoms with Crippen molar-refractivity contribution in [2.45, 2.75) is 19.4 Å². The first kappa shape index (κ1) is 9.22. The van der Waals surface area contributed by atoms with E-state index in [1.54, 1.807) is 6.07 Å². The normalized spacial score (nSPS) is 12.8. The van der Waals surface area contributed by atoms with E-state index in [9.17, 15) is 9.90 Å². The number of rotatable bonds is 3. The number of thiophene rings is 1. The van der Waals surface area contributed by atoms with E-state index in [1.807, 2.05) is 13.0 Å². The summed E-state index contributed by atoms with van der Waals surface area (Å²) >= 11 is 1.49. The Hall–Kier alpha value is -0.870. The van der Waals surface area contributed by atoms with Crippen LogP contribution < -0.4 is 10.8 Å². The van der Waals surface area contributed by atoms with Crippen LogP contribution in [0.4, 0.5) is 0 Å². The van der Waals surface area contributed by atoms with Crippen molar-refractivity contribution < 1.29 is 15.6 Å². The zero-order valence-electron chi connectivity index (χ0n) is 6.87. The van der Waals surface area contributed by atoms with E-state index in [0.29, 0.717) is 0 Å². The highest BCUT2D eigenvalue weighted by atomic mass is 32.1. The first-order chi connectivity index (χ1) is 5.65. The number of carbonyl (C=O) groups is 1. The maximum absolute atomic E-state index is 10.4. The molecule has 3 N–H and O–H groups in total. The number of carbonyl (C=O) groups excluding carboxylic acids is 1. The summed E-state index contributed by atoms with van der Waals surface area (Å²) in [7, 11) is 0. The minimum atomic E-state index is -1.11. The third-order valence-corrected chi connectivity index (χ3v) is 3.00. The first-order valence-electron chi connectivity index (χ1n) is 3.77. The van der Waals surface area contributed by atoms with E-state index < -0.39 is 12.0 Å². The molecule has 0 aromatic carbocycles. The minimum absolute atomic E-state index is 0.727. The van der Waals surface area contributed by atoms with E-state index in [0.717, 1.165) is 11.3 Å². The molecule has 1 heterocycles. The van der Waals surface area contributed by atoms with Crippen molar-refractivity contribution in [3.8, 4) is 0 Å². The van der Waals surface area contributed by atoms with E-state index in [2.05, 4.69) is 5.73 Å². The van der Waals surface area contributed by atoms with Crippen LogP contribution in [-0.2, 0) is 11.2 Å². The highest BCUT2D eigenvalue weighted by Gasteiger charge is 2.12. The fourth-order valence-electron chi connectivity index (χ4n) is 0.888. The second kappa shape index (κ2) is 3.69. The van der Waals surface area contributed by atoms with E-state index in [-0.39, 0.29) is 0 Å². The molecule has 3 nitrogen and oxygen atoms in total. The van der Waals surface area contributed by atoms with Gasteiger partial charge in [-0.1, -0.05) is 6.92 Å². The summed E-state index contributed by atoms with van der Waals surface area (Å²) in [5.41, 5.74) is 3.50. The SMILES string of the molecule is CCc1ccc([C@@H]([NH3+])C(=O)[O-])s1. The molecule has 1 rings (SSSR count). The summed E-state index contributed by atoms with van der Waals surface area (Å²) in [6.45, 7) is 2.03. The lowest BCUT2D eigenvalue weighted by Gasteiger charge is -2.05. The molecule has 0 aliphatic heterocycles. The van der Waals surface area contributed by atoms with Gasteiger partial charge in [0, 0.05) is 4.88 Å². The lowest BCUT2D eigenvalue weighted by atomic mass is 10.2. The Morgan fingerprint density at radius 3 is 2.83 bits per heavy atom. The maximum Gasteiger partial charge on any atom is 0.159 e. The third-order valence-electron chi connectivity index (χ3n) is 1.66. The highest BCUT2D eigenvalue weighted by Crippen LogP contribution is 2.20. The zero-order chi connectivity index (χ0) is 9.14. The van der Waals surface area contributed by atoms with Crippen LogP contribution in [0.3, 0.4) is 0 Å². The summed E-state index contributed by atoms with van der Waals surface area (Å²) in [6, 6.07) is 3.01. The van der Waals surface area contributed by atoms with Crippen molar-refractivity contribution in [2.24, 2.45) is 0 Å². The number of hydrogen-bond acceptors (Lipinski definition) is 3. The molecule has 0 unspecified atom stereocenters. The first-order valence-corrected chi connectivity index (χ1v) is 4.59. The van der Waals surface area contributed by atoms with Crippen molar-refractivity contribution in [3.63, 3.8) is 0 Å². The molecule has 1 aromatic heterocycles. The summed E-state index contributed by atoms with van der Waals surface area (Å²) in [5, 5.41) is 10.4. The summed E-state index contributed by atoms with van der Waals surface area (Å²) in [4.78, 5) is 12.4. The molecule has 4 heteroatoms. The average Bonchev–Trinajstić information content (AvgIpc) is 2.50. The van der Waals surface area contributed by atoms with Gasteiger partial charge < -0.3 is 15.6 Å². The predicted octanol–water partition coefficient (Wildman–Crippen LogP) is -0.657. The Balaban J connectivity index is 2.81. The fraction of sp³-hybridized carbons (Fsp3) is 0.375. The highest BCUT2D eigenvalue weighted by molar-refractivity contribution is 7.12. The van der Waals surface area contributed by atoms with Gasteiger partial charge in [0.2, 0.25) is 0 Å². The number of carboxylic acid groups (broad SMARTS) is 1. The molecule has 1 atom stereocenters. The Labute approximate surface area is 74.8 Å². The molecular formula is C8H11NO2S. The van der Waals surface area contributed by atoms with Gasteiger partial charge in [0.15, 0.2) is 6.04 Å². The fourth-order valence-corrected chi connectivity index (χ4v) is 1.85. The van der Waals surface area contributed by atoms with E-state index >= 15 is 0 Å². The Morgan fingerprint density at radius 2 is 2.42 bits per heavy atom. The summed E-state index contributed by atoms with van der Waals surface area (Å²) in [5.74, 6) is -1.11. The second-order valence-corrected chi connectivity index (χ2v) is 3.73. The molecule has 0 fully saturated rings. The number of aliphatic carboxylic acids is 1. The number of hydrogen-bond donors (Lipinski definition) is 1. The monoisotopic (exact) mass is 185 g/mol. The molecule has 0 aliphatic carbocycles. The Bertz CT molecular complexity index is 282. The Morgan fingerprint density at radius 1 is 1.75 bits per heavy atom. The number of carboxylic acids is 1. The lowest BCUT2D eigenvalue weighted by Crippen LogP contribution is -2.60. The van der Waals surface area contributed by atoms with Crippen LogP contribution >= 0.6 is 11.3 Å². The van der Waals surface area contributed by atoms with Crippen molar-refractivity contribution in [1.82, 2.24) is 0 Å². The molecule has 66 valence electrons. The topological polar surface area (TPSA) is 67.8 Å². The molecule has 0 saturated heterocycles. The second-order valence-electron chi connectivity index (χ2n) is 2.53. The predicted molar refractivity (Wildman–Crippen MR) is 44.3 cm³/mol. The minimum Gasteiger partial charge on any atom is -0.544 e. The third kappa shape index (κ3) is 1.84. The average molecular weight is 185 g/mol. The van der Waals surface area contributed by atoms with Gasteiger partial charge in [-0.15, -0.1) is 11.3 Å². The number of quaternary nitrogens is 1. The van der Waals surface area contributed by atoms with Gasteiger partial charge in [-0.25, -0.2) is 0 Å². The van der Waals surface area contributed by atoms with Crippen LogP contribution in [0.2, 0.25) is 0 Å². The van der Waals surface area contributed by atoms with Gasteiger partial charge in [0.05, 0.1) is 4.88 Å². The van der Waals surface area contributed by atoms with Gasteiger partial charge in [0.25, 0.3) is 0 Å². The summed E-state index contributed by atoms with van der Waals surface area (Å²) < 4.78 is 0. The van der Waals surface area contributed by atoms with Gasteiger partial charge >= 0.3 is 0 Å². The van der Waals surface area contributed by atoms with Crippen molar-refractivity contribution >= 4 is 17.3 Å². The maximum atomic E-state index is 10.4. The van der Waals surface area contributed by atoms with E-state index in [4.69, 9.17) is 0 Å². The van der Waals surface area contributed by atoms with Crippen molar-refractivity contribution in [3.05, 3.63) is 21.9 Å². The molecule has 0 aliphatic rings. The van der Waals surface area contributed by atoms with Crippen LogP contribution in [0.25, 0.3) is 0 Å². The standard InChI is InChI=1S/C8H11NO2S/c1-2-5-3-4-6(12-5)7(9)8(10)11/h3-4,7H,2,9H2,1H3,(H,10,11)/t7-/m1/s1. The number of aryl methyl sites for hydroxylation is 1. The molecule has 12 heavy (non-hydrogen) atoms. The molecular weight excluding hydrogens is 174 g/mol. The van der Waals surface area contributed by atoms with Gasteiger partial charge in [-0.2, -0.15) is 0 Å². The van der Waals surface area contributed by atoms with Gasteiger partial charge in [0.1, 0.15) is 5.97 Å². The zero-order valence-corrected chi connectivity index (χ0v) is 7.69. The molecule has 1 aromatic rings. The van der Waals surface area contributed by atoms with Crippen LogP contribution in [0.15, 0.2) is 12.1 Å². The lowest BCUT2D eigenvalue weighted by molar-refractivity contribution is -0.442. The van der Waals surface area contributed by atoms with E-state index in [1.165, 1.54) is 16.2 Å². The van der Waals surface area contributed by atoms with Crippen molar-refractivity contribution in [1.29, 1.82) is 0 Å². The van der Waals surface area contributed by atoms with Crippen molar-refractivity contribution in [2.75, 3.05) is 0 Å². The molecule has 0 spiro atoms.